The van der Waals surface area contributed by atoms with Gasteiger partial charge >= 0.3 is 0 Å². The summed E-state index contributed by atoms with van der Waals surface area (Å²) in [6.07, 6.45) is 1.53. The Morgan fingerprint density at radius 1 is 1.41 bits per heavy atom. The number of carbonyl (C=O) groups is 2. The van der Waals surface area contributed by atoms with Crippen LogP contribution in [-0.4, -0.2) is 23.9 Å². The molecule has 2 atom stereocenters. The van der Waals surface area contributed by atoms with Gasteiger partial charge in [-0.2, -0.15) is 0 Å². The lowest BCUT2D eigenvalue weighted by Gasteiger charge is -2.14. The number of amides is 2. The number of nitrogens with one attached hydrogen (secondary N) is 2. The number of rotatable bonds is 5. The van der Waals surface area contributed by atoms with Crippen LogP contribution in [0.2, 0.25) is 0 Å². The van der Waals surface area contributed by atoms with Gasteiger partial charge in [-0.1, -0.05) is 0 Å². The van der Waals surface area contributed by atoms with E-state index in [1.54, 1.807) is 26.0 Å². The Balaban J connectivity index is 2.34. The van der Waals surface area contributed by atoms with Crippen LogP contribution in [0.5, 0.6) is 0 Å². The lowest BCUT2D eigenvalue weighted by atomic mass is 10.2. The standard InChI is InChI=1S/C11H17N3O3/c1-7(12)10(15)14-8(2)11(16)13-6-9-4-3-5-17-9/h3-5,7-8H,6,12H2,1-2H3,(H,13,16)(H,14,15). The molecule has 1 heterocycles. The summed E-state index contributed by atoms with van der Waals surface area (Å²) in [5.74, 6) is 0.0186. The van der Waals surface area contributed by atoms with E-state index in [4.69, 9.17) is 10.2 Å². The predicted octanol–water partition coefficient (Wildman–Crippen LogP) is -0.252. The fourth-order valence-electron chi connectivity index (χ4n) is 1.15. The highest BCUT2D eigenvalue weighted by Crippen LogP contribution is 1.98. The minimum absolute atomic E-state index is 0.282. The van der Waals surface area contributed by atoms with E-state index < -0.39 is 12.1 Å². The van der Waals surface area contributed by atoms with E-state index in [9.17, 15) is 9.59 Å². The Bertz CT molecular complexity index is 373. The van der Waals surface area contributed by atoms with Crippen molar-refractivity contribution in [3.63, 3.8) is 0 Å². The van der Waals surface area contributed by atoms with Gasteiger partial charge in [-0.05, 0) is 26.0 Å². The lowest BCUT2D eigenvalue weighted by molar-refractivity contribution is -0.129. The molecule has 0 saturated carbocycles. The second kappa shape index (κ2) is 6.05. The van der Waals surface area contributed by atoms with Crippen LogP contribution in [0, 0.1) is 0 Å². The summed E-state index contributed by atoms with van der Waals surface area (Å²) < 4.78 is 5.06. The monoisotopic (exact) mass is 239 g/mol. The molecule has 6 nitrogen and oxygen atoms in total. The number of furan rings is 1. The fourth-order valence-corrected chi connectivity index (χ4v) is 1.15. The second-order valence-electron chi connectivity index (χ2n) is 3.82. The Morgan fingerprint density at radius 3 is 2.65 bits per heavy atom. The number of hydrogen-bond acceptors (Lipinski definition) is 4. The van der Waals surface area contributed by atoms with E-state index in [-0.39, 0.29) is 11.8 Å². The van der Waals surface area contributed by atoms with E-state index in [1.165, 1.54) is 6.26 Å². The van der Waals surface area contributed by atoms with E-state index >= 15 is 0 Å². The molecule has 1 rings (SSSR count). The largest absolute Gasteiger partial charge is 0.467 e. The molecular formula is C11H17N3O3. The van der Waals surface area contributed by atoms with E-state index in [1.807, 2.05) is 0 Å². The van der Waals surface area contributed by atoms with Crippen molar-refractivity contribution >= 4 is 11.8 Å². The van der Waals surface area contributed by atoms with Crippen molar-refractivity contribution in [3.05, 3.63) is 24.2 Å². The normalized spacial score (nSPS) is 13.8. The summed E-state index contributed by atoms with van der Waals surface area (Å²) in [7, 11) is 0. The van der Waals surface area contributed by atoms with Gasteiger partial charge < -0.3 is 20.8 Å². The van der Waals surface area contributed by atoms with Crippen molar-refractivity contribution in [1.82, 2.24) is 10.6 Å². The number of nitrogens with two attached hydrogens (primary N) is 1. The van der Waals surface area contributed by atoms with Crippen LogP contribution >= 0.6 is 0 Å². The van der Waals surface area contributed by atoms with E-state index in [0.717, 1.165) is 0 Å². The summed E-state index contributed by atoms with van der Waals surface area (Å²) in [6, 6.07) is 2.24. The molecule has 1 aromatic heterocycles. The second-order valence-corrected chi connectivity index (χ2v) is 3.82. The molecule has 17 heavy (non-hydrogen) atoms. The molecule has 0 aliphatic carbocycles. The molecule has 0 saturated heterocycles. The first-order chi connectivity index (χ1) is 8.00. The van der Waals surface area contributed by atoms with Crippen molar-refractivity contribution < 1.29 is 14.0 Å². The topological polar surface area (TPSA) is 97.4 Å². The first-order valence-electron chi connectivity index (χ1n) is 5.36. The maximum Gasteiger partial charge on any atom is 0.242 e. The number of hydrogen-bond donors (Lipinski definition) is 3. The van der Waals surface area contributed by atoms with Crippen molar-refractivity contribution in [2.45, 2.75) is 32.5 Å². The maximum atomic E-state index is 11.6. The molecular weight excluding hydrogens is 222 g/mol. The highest BCUT2D eigenvalue weighted by molar-refractivity contribution is 5.89. The smallest absolute Gasteiger partial charge is 0.242 e. The van der Waals surface area contributed by atoms with Crippen molar-refractivity contribution in [3.8, 4) is 0 Å². The molecule has 2 amide bonds. The van der Waals surface area contributed by atoms with E-state index in [2.05, 4.69) is 10.6 Å². The summed E-state index contributed by atoms with van der Waals surface area (Å²) in [5.41, 5.74) is 5.38. The van der Waals surface area contributed by atoms with Crippen LogP contribution < -0.4 is 16.4 Å². The Morgan fingerprint density at radius 2 is 2.12 bits per heavy atom. The predicted molar refractivity (Wildman–Crippen MR) is 61.8 cm³/mol. The van der Waals surface area contributed by atoms with E-state index in [0.29, 0.717) is 12.3 Å². The third-order valence-corrected chi connectivity index (χ3v) is 2.18. The molecule has 94 valence electrons. The zero-order valence-electron chi connectivity index (χ0n) is 9.90. The highest BCUT2D eigenvalue weighted by Gasteiger charge is 2.17. The van der Waals surface area contributed by atoms with Gasteiger partial charge in [0, 0.05) is 0 Å². The van der Waals surface area contributed by atoms with Gasteiger partial charge in [-0.3, -0.25) is 9.59 Å². The van der Waals surface area contributed by atoms with Gasteiger partial charge in [0.25, 0.3) is 0 Å². The average Bonchev–Trinajstić information content (AvgIpc) is 2.78. The van der Waals surface area contributed by atoms with Crippen LogP contribution in [0.4, 0.5) is 0 Å². The van der Waals surface area contributed by atoms with Gasteiger partial charge in [0.1, 0.15) is 11.8 Å². The SMILES string of the molecule is CC(N)C(=O)NC(C)C(=O)NCc1ccco1. The summed E-state index contributed by atoms with van der Waals surface area (Å²) >= 11 is 0. The molecule has 0 aromatic carbocycles. The molecule has 0 aliphatic heterocycles. The van der Waals surface area contributed by atoms with Crippen molar-refractivity contribution in [2.75, 3.05) is 0 Å². The molecule has 0 spiro atoms. The fraction of sp³-hybridized carbons (Fsp3) is 0.455. The van der Waals surface area contributed by atoms with Gasteiger partial charge in [0.2, 0.25) is 11.8 Å². The minimum Gasteiger partial charge on any atom is -0.467 e. The summed E-state index contributed by atoms with van der Waals surface area (Å²) in [4.78, 5) is 22.8. The Kier molecular flexibility index (Phi) is 4.71. The molecule has 0 bridgehead atoms. The van der Waals surface area contributed by atoms with Crippen LogP contribution in [0.25, 0.3) is 0 Å². The molecule has 6 heteroatoms. The molecule has 0 fully saturated rings. The third kappa shape index (κ3) is 4.28. The average molecular weight is 239 g/mol. The lowest BCUT2D eigenvalue weighted by Crippen LogP contribution is -2.49. The molecule has 0 aliphatic rings. The van der Waals surface area contributed by atoms with Gasteiger partial charge in [0.15, 0.2) is 0 Å². The van der Waals surface area contributed by atoms with Crippen LogP contribution in [0.15, 0.2) is 22.8 Å². The number of carbonyl (C=O) groups excluding carboxylic acids is 2. The Hall–Kier alpha value is -1.82. The molecule has 1 aromatic rings. The first kappa shape index (κ1) is 13.2. The van der Waals surface area contributed by atoms with Crippen molar-refractivity contribution in [2.24, 2.45) is 5.73 Å². The molecule has 4 N–H and O–H groups in total. The van der Waals surface area contributed by atoms with Crippen LogP contribution in [0.3, 0.4) is 0 Å². The zero-order valence-corrected chi connectivity index (χ0v) is 9.90. The van der Waals surface area contributed by atoms with Gasteiger partial charge in [-0.15, -0.1) is 0 Å². The Labute approximate surface area is 99.5 Å². The summed E-state index contributed by atoms with van der Waals surface area (Å²) in [6.45, 7) is 3.45. The van der Waals surface area contributed by atoms with Crippen molar-refractivity contribution in [1.29, 1.82) is 0 Å². The minimum atomic E-state index is -0.629. The first-order valence-corrected chi connectivity index (χ1v) is 5.36. The van der Waals surface area contributed by atoms with Crippen LogP contribution in [0.1, 0.15) is 19.6 Å². The summed E-state index contributed by atoms with van der Waals surface area (Å²) in [5, 5.41) is 5.14. The van der Waals surface area contributed by atoms with Gasteiger partial charge in [-0.25, -0.2) is 0 Å². The highest BCUT2D eigenvalue weighted by atomic mass is 16.3. The molecule has 2 unspecified atom stereocenters. The quantitative estimate of drug-likeness (QED) is 0.660. The third-order valence-electron chi connectivity index (χ3n) is 2.18. The zero-order chi connectivity index (χ0) is 12.8. The van der Waals surface area contributed by atoms with Gasteiger partial charge in [0.05, 0.1) is 18.8 Å². The van der Waals surface area contributed by atoms with Crippen LogP contribution in [-0.2, 0) is 16.1 Å². The maximum absolute atomic E-state index is 11.6. The molecule has 0 radical (unpaired) electrons.